The molecule has 1 atom stereocenters. The first-order chi connectivity index (χ1) is 8.08. The van der Waals surface area contributed by atoms with Crippen LogP contribution in [0.2, 0.25) is 0 Å². The minimum Gasteiger partial charge on any atom is -0.389 e. The van der Waals surface area contributed by atoms with Crippen molar-refractivity contribution in [3.63, 3.8) is 0 Å². The molecule has 0 spiro atoms. The first-order valence-electron chi connectivity index (χ1n) is 6.59. The molecule has 0 bridgehead atoms. The molecule has 0 aliphatic heterocycles. The SMILES string of the molecule is Cc1nc(C2CCC(C)CC2)ncc1[C@H](C)O. The summed E-state index contributed by atoms with van der Waals surface area (Å²) in [6, 6.07) is 0. The van der Waals surface area contributed by atoms with Crippen molar-refractivity contribution in [2.75, 3.05) is 0 Å². The van der Waals surface area contributed by atoms with E-state index in [1.54, 1.807) is 13.1 Å². The molecule has 1 saturated carbocycles. The third-order valence-electron chi connectivity index (χ3n) is 3.87. The van der Waals surface area contributed by atoms with Crippen LogP contribution in [0.5, 0.6) is 0 Å². The van der Waals surface area contributed by atoms with Gasteiger partial charge in [-0.05, 0) is 32.6 Å². The van der Waals surface area contributed by atoms with Crippen molar-refractivity contribution in [1.82, 2.24) is 9.97 Å². The molecular weight excluding hydrogens is 212 g/mol. The Morgan fingerprint density at radius 3 is 2.47 bits per heavy atom. The Morgan fingerprint density at radius 1 is 1.29 bits per heavy atom. The summed E-state index contributed by atoms with van der Waals surface area (Å²) in [5, 5.41) is 9.56. The summed E-state index contributed by atoms with van der Waals surface area (Å²) in [6.07, 6.45) is 6.29. The predicted molar refractivity (Wildman–Crippen MR) is 67.8 cm³/mol. The molecule has 1 aliphatic carbocycles. The molecule has 17 heavy (non-hydrogen) atoms. The molecule has 1 aromatic rings. The van der Waals surface area contributed by atoms with Gasteiger partial charge in [0.1, 0.15) is 5.82 Å². The normalized spacial score (nSPS) is 26.8. The number of hydrogen-bond donors (Lipinski definition) is 1. The van der Waals surface area contributed by atoms with Gasteiger partial charge in [-0.15, -0.1) is 0 Å². The summed E-state index contributed by atoms with van der Waals surface area (Å²) in [5.74, 6) is 2.34. The zero-order chi connectivity index (χ0) is 12.4. The zero-order valence-electron chi connectivity index (χ0n) is 11.0. The third-order valence-corrected chi connectivity index (χ3v) is 3.87. The van der Waals surface area contributed by atoms with Crippen LogP contribution in [0.1, 0.15) is 68.6 Å². The molecule has 94 valence electrons. The fraction of sp³-hybridized carbons (Fsp3) is 0.714. The first-order valence-corrected chi connectivity index (χ1v) is 6.59. The van der Waals surface area contributed by atoms with Crippen molar-refractivity contribution in [3.05, 3.63) is 23.3 Å². The van der Waals surface area contributed by atoms with Gasteiger partial charge < -0.3 is 5.11 Å². The van der Waals surface area contributed by atoms with Gasteiger partial charge in [-0.3, -0.25) is 0 Å². The van der Waals surface area contributed by atoms with Crippen LogP contribution in [0.25, 0.3) is 0 Å². The first kappa shape index (κ1) is 12.5. The van der Waals surface area contributed by atoms with Gasteiger partial charge in [-0.2, -0.15) is 0 Å². The van der Waals surface area contributed by atoms with Crippen molar-refractivity contribution in [2.45, 2.75) is 58.5 Å². The highest BCUT2D eigenvalue weighted by Crippen LogP contribution is 2.34. The number of aromatic nitrogens is 2. The lowest BCUT2D eigenvalue weighted by atomic mass is 9.82. The number of rotatable bonds is 2. The van der Waals surface area contributed by atoms with E-state index in [9.17, 15) is 5.11 Å². The lowest BCUT2D eigenvalue weighted by Crippen LogP contribution is -2.14. The van der Waals surface area contributed by atoms with Gasteiger partial charge in [0.05, 0.1) is 6.10 Å². The van der Waals surface area contributed by atoms with Crippen LogP contribution < -0.4 is 0 Å². The van der Waals surface area contributed by atoms with Crippen LogP contribution in [0.3, 0.4) is 0 Å². The number of hydrogen-bond acceptors (Lipinski definition) is 3. The van der Waals surface area contributed by atoms with E-state index in [4.69, 9.17) is 0 Å². The van der Waals surface area contributed by atoms with Crippen LogP contribution in [-0.4, -0.2) is 15.1 Å². The molecule has 2 rings (SSSR count). The summed E-state index contributed by atoms with van der Waals surface area (Å²) in [5.41, 5.74) is 1.77. The fourth-order valence-electron chi connectivity index (χ4n) is 2.62. The molecule has 3 nitrogen and oxygen atoms in total. The van der Waals surface area contributed by atoms with E-state index in [1.165, 1.54) is 25.7 Å². The van der Waals surface area contributed by atoms with Crippen molar-refractivity contribution in [1.29, 1.82) is 0 Å². The molecule has 0 saturated heterocycles. The topological polar surface area (TPSA) is 46.0 Å². The Kier molecular flexibility index (Phi) is 3.77. The minimum absolute atomic E-state index is 0.476. The maximum Gasteiger partial charge on any atom is 0.131 e. The second-order valence-electron chi connectivity index (χ2n) is 5.40. The van der Waals surface area contributed by atoms with Crippen LogP contribution in [-0.2, 0) is 0 Å². The molecule has 1 aliphatic rings. The average molecular weight is 234 g/mol. The standard InChI is InChI=1S/C14H22N2O/c1-9-4-6-12(7-5-9)14-15-8-13(11(3)17)10(2)16-14/h8-9,11-12,17H,4-7H2,1-3H3/t9?,11-,12?/m0/s1. The van der Waals surface area contributed by atoms with E-state index >= 15 is 0 Å². The summed E-state index contributed by atoms with van der Waals surface area (Å²) in [7, 11) is 0. The quantitative estimate of drug-likeness (QED) is 0.855. The van der Waals surface area contributed by atoms with Gasteiger partial charge >= 0.3 is 0 Å². The maximum atomic E-state index is 9.56. The highest BCUT2D eigenvalue weighted by molar-refractivity contribution is 5.19. The molecule has 1 aromatic heterocycles. The third kappa shape index (κ3) is 2.83. The lowest BCUT2D eigenvalue weighted by molar-refractivity contribution is 0.197. The molecule has 0 aromatic carbocycles. The molecule has 1 fully saturated rings. The van der Waals surface area contributed by atoms with Crippen LogP contribution in [0, 0.1) is 12.8 Å². The van der Waals surface area contributed by atoms with Gasteiger partial charge in [0.2, 0.25) is 0 Å². The zero-order valence-corrected chi connectivity index (χ0v) is 11.0. The van der Waals surface area contributed by atoms with Crippen LogP contribution in [0.15, 0.2) is 6.20 Å². The second kappa shape index (κ2) is 5.13. The summed E-state index contributed by atoms with van der Waals surface area (Å²) < 4.78 is 0. The molecule has 3 heteroatoms. The summed E-state index contributed by atoms with van der Waals surface area (Å²) in [6.45, 7) is 6.03. The smallest absolute Gasteiger partial charge is 0.131 e. The van der Waals surface area contributed by atoms with Gasteiger partial charge in [0, 0.05) is 23.4 Å². The molecule has 0 unspecified atom stereocenters. The Bertz CT molecular complexity index is 382. The summed E-state index contributed by atoms with van der Waals surface area (Å²) >= 11 is 0. The van der Waals surface area contributed by atoms with E-state index in [1.807, 2.05) is 6.92 Å². The minimum atomic E-state index is -0.476. The highest BCUT2D eigenvalue weighted by atomic mass is 16.3. The van der Waals surface area contributed by atoms with Gasteiger partial charge in [0.25, 0.3) is 0 Å². The monoisotopic (exact) mass is 234 g/mol. The van der Waals surface area contributed by atoms with Gasteiger partial charge in [-0.25, -0.2) is 9.97 Å². The molecule has 1 heterocycles. The molecular formula is C14H22N2O. The number of aliphatic hydroxyl groups excluding tert-OH is 1. The van der Waals surface area contributed by atoms with Crippen LogP contribution in [0.4, 0.5) is 0 Å². The fourth-order valence-corrected chi connectivity index (χ4v) is 2.62. The Hall–Kier alpha value is -0.960. The average Bonchev–Trinajstić information content (AvgIpc) is 2.29. The number of nitrogens with zero attached hydrogens (tertiary/aromatic N) is 2. The van der Waals surface area contributed by atoms with E-state index in [0.29, 0.717) is 5.92 Å². The van der Waals surface area contributed by atoms with Crippen molar-refractivity contribution in [2.24, 2.45) is 5.92 Å². The van der Waals surface area contributed by atoms with E-state index in [0.717, 1.165) is 23.0 Å². The van der Waals surface area contributed by atoms with E-state index < -0.39 is 6.10 Å². The van der Waals surface area contributed by atoms with Crippen LogP contribution >= 0.6 is 0 Å². The number of aryl methyl sites for hydroxylation is 1. The largest absolute Gasteiger partial charge is 0.389 e. The predicted octanol–water partition coefficient (Wildman–Crippen LogP) is 3.13. The number of aliphatic hydroxyl groups is 1. The molecule has 1 N–H and O–H groups in total. The van der Waals surface area contributed by atoms with Crippen molar-refractivity contribution in [3.8, 4) is 0 Å². The van der Waals surface area contributed by atoms with Crippen molar-refractivity contribution < 1.29 is 5.11 Å². The van der Waals surface area contributed by atoms with Gasteiger partial charge in [-0.1, -0.05) is 19.8 Å². The maximum absolute atomic E-state index is 9.56. The lowest BCUT2D eigenvalue weighted by Gasteiger charge is -2.25. The van der Waals surface area contributed by atoms with Gasteiger partial charge in [0.15, 0.2) is 0 Å². The Labute approximate surface area is 103 Å². The molecule has 0 radical (unpaired) electrons. The molecule has 0 amide bonds. The highest BCUT2D eigenvalue weighted by Gasteiger charge is 2.22. The Balaban J connectivity index is 2.14. The Morgan fingerprint density at radius 2 is 1.94 bits per heavy atom. The summed E-state index contributed by atoms with van der Waals surface area (Å²) in [4.78, 5) is 9.01. The van der Waals surface area contributed by atoms with E-state index in [2.05, 4.69) is 16.9 Å². The van der Waals surface area contributed by atoms with Crippen molar-refractivity contribution >= 4 is 0 Å². The van der Waals surface area contributed by atoms with E-state index in [-0.39, 0.29) is 0 Å². The second-order valence-corrected chi connectivity index (χ2v) is 5.40.